The minimum absolute atomic E-state index is 0.880. The molecule has 1 saturated heterocycles. The van der Waals surface area contributed by atoms with Crippen molar-refractivity contribution in [2.24, 2.45) is 0 Å². The molecule has 0 atom stereocenters. The molecular formula is C18H20N4. The summed E-state index contributed by atoms with van der Waals surface area (Å²) >= 11 is 0. The van der Waals surface area contributed by atoms with Crippen molar-refractivity contribution in [3.05, 3.63) is 54.5 Å². The van der Waals surface area contributed by atoms with Crippen molar-refractivity contribution in [2.45, 2.75) is 25.8 Å². The molecule has 112 valence electrons. The van der Waals surface area contributed by atoms with Crippen molar-refractivity contribution in [1.82, 2.24) is 19.5 Å². The van der Waals surface area contributed by atoms with Crippen LogP contribution in [0.4, 0.5) is 0 Å². The van der Waals surface area contributed by atoms with Gasteiger partial charge in [0.2, 0.25) is 0 Å². The first-order valence-corrected chi connectivity index (χ1v) is 7.99. The fraction of sp³-hybridized carbons (Fsp3) is 0.333. The lowest BCUT2D eigenvalue weighted by atomic mass is 10.1. The van der Waals surface area contributed by atoms with Gasteiger partial charge in [-0.1, -0.05) is 30.7 Å². The molecule has 0 aliphatic carbocycles. The molecule has 1 aromatic carbocycles. The third-order valence-corrected chi connectivity index (χ3v) is 4.39. The summed E-state index contributed by atoms with van der Waals surface area (Å²) in [6, 6.07) is 10.7. The minimum Gasteiger partial charge on any atom is -0.299 e. The van der Waals surface area contributed by atoms with E-state index in [4.69, 9.17) is 0 Å². The van der Waals surface area contributed by atoms with Gasteiger partial charge in [-0.05, 0) is 37.1 Å². The predicted molar refractivity (Wildman–Crippen MR) is 87.6 cm³/mol. The third kappa shape index (κ3) is 2.74. The molecule has 0 bridgehead atoms. The van der Waals surface area contributed by atoms with Crippen molar-refractivity contribution in [3.63, 3.8) is 0 Å². The van der Waals surface area contributed by atoms with Crippen LogP contribution in [0.1, 0.15) is 24.8 Å². The fourth-order valence-corrected chi connectivity index (χ4v) is 3.14. The van der Waals surface area contributed by atoms with Crippen molar-refractivity contribution in [1.29, 1.82) is 0 Å². The monoisotopic (exact) mass is 292 g/mol. The maximum absolute atomic E-state index is 4.43. The van der Waals surface area contributed by atoms with E-state index in [0.29, 0.717) is 0 Å². The van der Waals surface area contributed by atoms with E-state index in [1.54, 1.807) is 6.20 Å². The highest BCUT2D eigenvalue weighted by Gasteiger charge is 2.10. The summed E-state index contributed by atoms with van der Waals surface area (Å²) < 4.78 is 1.82. The molecule has 1 aliphatic heterocycles. The smallest absolute Gasteiger partial charge is 0.154 e. The number of hydrogen-bond acceptors (Lipinski definition) is 3. The summed E-state index contributed by atoms with van der Waals surface area (Å²) in [5.41, 5.74) is 4.55. The van der Waals surface area contributed by atoms with E-state index in [0.717, 1.165) is 17.8 Å². The van der Waals surface area contributed by atoms with E-state index >= 15 is 0 Å². The van der Waals surface area contributed by atoms with Gasteiger partial charge in [0.1, 0.15) is 0 Å². The average Bonchev–Trinajstić information content (AvgIpc) is 3.04. The Bertz CT molecular complexity index is 754. The van der Waals surface area contributed by atoms with E-state index in [-0.39, 0.29) is 0 Å². The van der Waals surface area contributed by atoms with Crippen molar-refractivity contribution in [2.75, 3.05) is 13.1 Å². The van der Waals surface area contributed by atoms with E-state index in [1.165, 1.54) is 43.5 Å². The normalized spacial score (nSPS) is 16.2. The van der Waals surface area contributed by atoms with Gasteiger partial charge >= 0.3 is 0 Å². The molecule has 1 fully saturated rings. The molecule has 4 rings (SSSR count). The predicted octanol–water partition coefficient (Wildman–Crippen LogP) is 3.38. The van der Waals surface area contributed by atoms with Gasteiger partial charge in [0.25, 0.3) is 0 Å². The van der Waals surface area contributed by atoms with Gasteiger partial charge in [-0.2, -0.15) is 5.10 Å². The Morgan fingerprint density at radius 1 is 0.909 bits per heavy atom. The first-order valence-electron chi connectivity index (χ1n) is 7.99. The van der Waals surface area contributed by atoms with Crippen LogP contribution in [-0.4, -0.2) is 32.6 Å². The van der Waals surface area contributed by atoms with Crippen LogP contribution in [0, 0.1) is 0 Å². The maximum atomic E-state index is 4.43. The Hall–Kier alpha value is -2.20. The minimum atomic E-state index is 0.880. The number of piperidine rings is 1. The lowest BCUT2D eigenvalue weighted by molar-refractivity contribution is 0.221. The highest BCUT2D eigenvalue weighted by molar-refractivity contribution is 5.63. The van der Waals surface area contributed by atoms with Crippen LogP contribution in [0.25, 0.3) is 16.8 Å². The van der Waals surface area contributed by atoms with Gasteiger partial charge < -0.3 is 0 Å². The molecule has 0 spiro atoms. The standard InChI is InChI=1S/C18H20N4/c1-2-10-21(11-3-1)13-15-4-6-16(7-5-15)17-12-19-18-8-9-20-22(18)14-17/h4-9,12,14H,1-3,10-11,13H2. The Balaban J connectivity index is 1.53. The average molecular weight is 292 g/mol. The molecule has 22 heavy (non-hydrogen) atoms. The van der Waals surface area contributed by atoms with E-state index in [9.17, 15) is 0 Å². The van der Waals surface area contributed by atoms with Crippen molar-refractivity contribution < 1.29 is 0 Å². The summed E-state index contributed by atoms with van der Waals surface area (Å²) in [6.07, 6.45) is 9.78. The van der Waals surface area contributed by atoms with E-state index in [2.05, 4.69) is 39.2 Å². The van der Waals surface area contributed by atoms with Crippen LogP contribution in [0.5, 0.6) is 0 Å². The highest BCUT2D eigenvalue weighted by Crippen LogP contribution is 2.20. The van der Waals surface area contributed by atoms with Crippen LogP contribution in [0.2, 0.25) is 0 Å². The van der Waals surface area contributed by atoms with Crippen LogP contribution in [0.15, 0.2) is 48.9 Å². The zero-order valence-corrected chi connectivity index (χ0v) is 12.7. The topological polar surface area (TPSA) is 33.4 Å². The van der Waals surface area contributed by atoms with Gasteiger partial charge in [0.15, 0.2) is 5.65 Å². The molecule has 2 aromatic heterocycles. The molecule has 0 N–H and O–H groups in total. The SMILES string of the molecule is c1cc2ncc(-c3ccc(CN4CCCCC4)cc3)cn2n1. The fourth-order valence-electron chi connectivity index (χ4n) is 3.14. The van der Waals surface area contributed by atoms with Gasteiger partial charge in [0.05, 0.1) is 6.20 Å². The zero-order valence-electron chi connectivity index (χ0n) is 12.7. The molecule has 1 aliphatic rings. The van der Waals surface area contributed by atoms with E-state index in [1.807, 2.05) is 23.0 Å². The molecular weight excluding hydrogens is 272 g/mol. The molecule has 4 nitrogen and oxygen atoms in total. The molecule has 0 unspecified atom stereocenters. The van der Waals surface area contributed by atoms with Crippen molar-refractivity contribution >= 4 is 5.65 Å². The number of nitrogens with zero attached hydrogens (tertiary/aromatic N) is 4. The van der Waals surface area contributed by atoms with Gasteiger partial charge in [-0.25, -0.2) is 9.50 Å². The van der Waals surface area contributed by atoms with E-state index < -0.39 is 0 Å². The largest absolute Gasteiger partial charge is 0.299 e. The third-order valence-electron chi connectivity index (χ3n) is 4.39. The number of likely N-dealkylation sites (tertiary alicyclic amines) is 1. The molecule has 0 radical (unpaired) electrons. The van der Waals surface area contributed by atoms with Crippen molar-refractivity contribution in [3.8, 4) is 11.1 Å². The maximum Gasteiger partial charge on any atom is 0.154 e. The number of rotatable bonds is 3. The molecule has 0 saturated carbocycles. The first-order chi connectivity index (χ1) is 10.9. The number of benzene rings is 1. The van der Waals surface area contributed by atoms with Crippen LogP contribution in [0.3, 0.4) is 0 Å². The summed E-state index contributed by atoms with van der Waals surface area (Å²) in [4.78, 5) is 6.98. The quantitative estimate of drug-likeness (QED) is 0.742. The number of hydrogen-bond donors (Lipinski definition) is 0. The van der Waals surface area contributed by atoms with Crippen LogP contribution < -0.4 is 0 Å². The second kappa shape index (κ2) is 5.89. The second-order valence-corrected chi connectivity index (χ2v) is 6.01. The lowest BCUT2D eigenvalue weighted by Crippen LogP contribution is -2.28. The molecule has 4 heteroatoms. The zero-order chi connectivity index (χ0) is 14.8. The lowest BCUT2D eigenvalue weighted by Gasteiger charge is -2.26. The number of fused-ring (bicyclic) bond motifs is 1. The molecule has 3 aromatic rings. The Kier molecular flexibility index (Phi) is 3.60. The molecule has 3 heterocycles. The Labute approximate surface area is 130 Å². The summed E-state index contributed by atoms with van der Waals surface area (Å²) in [6.45, 7) is 3.54. The van der Waals surface area contributed by atoms with Crippen LogP contribution >= 0.6 is 0 Å². The number of aromatic nitrogens is 3. The van der Waals surface area contributed by atoms with Gasteiger partial charge in [0, 0.05) is 30.6 Å². The summed E-state index contributed by atoms with van der Waals surface area (Å²) in [5, 5.41) is 4.25. The first kappa shape index (κ1) is 13.5. The van der Waals surface area contributed by atoms with Gasteiger partial charge in [-0.3, -0.25) is 4.90 Å². The Morgan fingerprint density at radius 2 is 1.73 bits per heavy atom. The summed E-state index contributed by atoms with van der Waals surface area (Å²) in [7, 11) is 0. The van der Waals surface area contributed by atoms with Gasteiger partial charge in [-0.15, -0.1) is 0 Å². The second-order valence-electron chi connectivity index (χ2n) is 6.01. The summed E-state index contributed by atoms with van der Waals surface area (Å²) in [5.74, 6) is 0. The molecule has 0 amide bonds. The highest BCUT2D eigenvalue weighted by atomic mass is 15.2. The van der Waals surface area contributed by atoms with Crippen LogP contribution in [-0.2, 0) is 6.54 Å². The Morgan fingerprint density at radius 3 is 2.55 bits per heavy atom.